The van der Waals surface area contributed by atoms with Gasteiger partial charge in [-0.3, -0.25) is 9.80 Å². The average molecular weight is 249 g/mol. The van der Waals surface area contributed by atoms with Gasteiger partial charge in [0.05, 0.1) is 0 Å². The Balaban J connectivity index is 1.62. The lowest BCUT2D eigenvalue weighted by molar-refractivity contribution is 0.136. The van der Waals surface area contributed by atoms with Gasteiger partial charge in [0.15, 0.2) is 0 Å². The molecule has 0 spiro atoms. The number of nitrogens with one attached hydrogen (secondary N) is 1. The maximum absolute atomic E-state index is 4.00. The Hall–Kier alpha value is -0.800. The fraction of sp³-hybridized carbons (Fsp3) is 0.733. The number of rotatable bonds is 6. The Bertz CT molecular complexity index is 297. The van der Waals surface area contributed by atoms with E-state index in [1.165, 1.54) is 39.0 Å². The van der Waals surface area contributed by atoms with Gasteiger partial charge < -0.3 is 5.32 Å². The summed E-state index contributed by atoms with van der Waals surface area (Å²) in [4.78, 5) is 5.18. The molecule has 0 aromatic heterocycles. The molecule has 0 radical (unpaired) electrons. The number of nitrogens with zero attached hydrogens (tertiary/aromatic N) is 2. The lowest BCUT2D eigenvalue weighted by atomic mass is 10.3. The van der Waals surface area contributed by atoms with Crippen molar-refractivity contribution in [3.8, 4) is 0 Å². The third kappa shape index (κ3) is 4.46. The largest absolute Gasteiger partial charge is 0.383 e. The quantitative estimate of drug-likeness (QED) is 0.725. The molecule has 102 valence electrons. The van der Waals surface area contributed by atoms with Crippen molar-refractivity contribution in [3.05, 3.63) is 24.4 Å². The van der Waals surface area contributed by atoms with Gasteiger partial charge in [-0.25, -0.2) is 0 Å². The number of piperazine rings is 1. The van der Waals surface area contributed by atoms with E-state index in [2.05, 4.69) is 47.7 Å². The van der Waals surface area contributed by atoms with E-state index in [4.69, 9.17) is 0 Å². The summed E-state index contributed by atoms with van der Waals surface area (Å²) in [6.45, 7) is 14.3. The second-order valence-corrected chi connectivity index (χ2v) is 5.79. The molecule has 0 aromatic carbocycles. The summed E-state index contributed by atoms with van der Waals surface area (Å²) < 4.78 is 0. The fourth-order valence-corrected chi connectivity index (χ4v) is 2.51. The van der Waals surface area contributed by atoms with E-state index < -0.39 is 0 Å². The zero-order valence-electron chi connectivity index (χ0n) is 11.9. The lowest BCUT2D eigenvalue weighted by Crippen LogP contribution is -2.47. The molecule has 1 saturated carbocycles. The second-order valence-electron chi connectivity index (χ2n) is 5.79. The molecule has 2 fully saturated rings. The van der Waals surface area contributed by atoms with Crippen LogP contribution in [0.3, 0.4) is 0 Å². The highest BCUT2D eigenvalue weighted by Crippen LogP contribution is 2.27. The monoisotopic (exact) mass is 249 g/mol. The van der Waals surface area contributed by atoms with E-state index in [1.54, 1.807) is 0 Å². The molecule has 1 aliphatic heterocycles. The molecule has 0 unspecified atom stereocenters. The van der Waals surface area contributed by atoms with Crippen LogP contribution in [-0.4, -0.2) is 54.6 Å². The van der Waals surface area contributed by atoms with E-state index in [1.807, 2.05) is 0 Å². The zero-order valence-corrected chi connectivity index (χ0v) is 11.9. The van der Waals surface area contributed by atoms with Gasteiger partial charge >= 0.3 is 0 Å². The van der Waals surface area contributed by atoms with Crippen LogP contribution < -0.4 is 5.32 Å². The summed E-state index contributed by atoms with van der Waals surface area (Å²) in [5, 5.41) is 3.30. The van der Waals surface area contributed by atoms with E-state index >= 15 is 0 Å². The lowest BCUT2D eigenvalue weighted by Gasteiger charge is -2.34. The molecule has 0 amide bonds. The first-order valence-electron chi connectivity index (χ1n) is 7.23. The molecule has 18 heavy (non-hydrogen) atoms. The van der Waals surface area contributed by atoms with Crippen LogP contribution in [0, 0.1) is 0 Å². The minimum atomic E-state index is 0.462. The highest BCUT2D eigenvalue weighted by molar-refractivity contribution is 5.13. The van der Waals surface area contributed by atoms with Gasteiger partial charge in [0.25, 0.3) is 0 Å². The summed E-state index contributed by atoms with van der Waals surface area (Å²) in [6, 6.07) is 1.39. The molecule has 0 bridgehead atoms. The minimum Gasteiger partial charge on any atom is -0.383 e. The highest BCUT2D eigenvalue weighted by Gasteiger charge is 2.30. The highest BCUT2D eigenvalue weighted by atomic mass is 15.3. The Morgan fingerprint density at radius 1 is 1.28 bits per heavy atom. The van der Waals surface area contributed by atoms with Crippen molar-refractivity contribution in [1.82, 2.24) is 15.1 Å². The van der Waals surface area contributed by atoms with E-state index in [0.29, 0.717) is 6.04 Å². The maximum Gasteiger partial charge on any atom is 0.0266 e. The molecule has 1 heterocycles. The maximum atomic E-state index is 4.00. The molecule has 1 saturated heterocycles. The van der Waals surface area contributed by atoms with Gasteiger partial charge in [0.1, 0.15) is 0 Å². The predicted molar refractivity (Wildman–Crippen MR) is 77.6 cm³/mol. The molecule has 2 rings (SSSR count). The van der Waals surface area contributed by atoms with Crippen molar-refractivity contribution in [2.45, 2.75) is 38.8 Å². The van der Waals surface area contributed by atoms with Crippen molar-refractivity contribution in [3.63, 3.8) is 0 Å². The van der Waals surface area contributed by atoms with Crippen molar-refractivity contribution in [2.75, 3.05) is 32.7 Å². The van der Waals surface area contributed by atoms with Crippen LogP contribution >= 0.6 is 0 Å². The first-order chi connectivity index (χ1) is 8.65. The van der Waals surface area contributed by atoms with E-state index in [9.17, 15) is 0 Å². The van der Waals surface area contributed by atoms with Gasteiger partial charge in [-0.05, 0) is 32.8 Å². The SMILES string of the molecule is C=C(/C=C/CN1CCN(C2CC2)CC1)NC(C)C. The fourth-order valence-electron chi connectivity index (χ4n) is 2.51. The van der Waals surface area contributed by atoms with Crippen LogP contribution in [0.4, 0.5) is 0 Å². The standard InChI is InChI=1S/C15H27N3/c1-13(2)16-14(3)5-4-8-17-9-11-18(12-10-17)15-6-7-15/h4-5,13,15-16H,3,6-12H2,1-2H3/b5-4+. The first-order valence-corrected chi connectivity index (χ1v) is 7.23. The van der Waals surface area contributed by atoms with Crippen molar-refractivity contribution in [1.29, 1.82) is 0 Å². The van der Waals surface area contributed by atoms with Crippen molar-refractivity contribution >= 4 is 0 Å². The van der Waals surface area contributed by atoms with Gasteiger partial charge in [0.2, 0.25) is 0 Å². The summed E-state index contributed by atoms with van der Waals surface area (Å²) in [5.74, 6) is 0. The zero-order chi connectivity index (χ0) is 13.0. The topological polar surface area (TPSA) is 18.5 Å². The van der Waals surface area contributed by atoms with E-state index in [-0.39, 0.29) is 0 Å². The van der Waals surface area contributed by atoms with Gasteiger partial charge in [-0.15, -0.1) is 0 Å². The minimum absolute atomic E-state index is 0.462. The molecular formula is C15H27N3. The van der Waals surface area contributed by atoms with Crippen molar-refractivity contribution < 1.29 is 0 Å². The Morgan fingerprint density at radius 3 is 2.50 bits per heavy atom. The number of allylic oxidation sites excluding steroid dienone is 1. The molecule has 3 nitrogen and oxygen atoms in total. The normalized spacial score (nSPS) is 22.8. The van der Waals surface area contributed by atoms with Crippen LogP contribution in [0.5, 0.6) is 0 Å². The molecule has 1 N–H and O–H groups in total. The van der Waals surface area contributed by atoms with Crippen LogP contribution in [0.2, 0.25) is 0 Å². The molecule has 2 aliphatic rings. The summed E-state index contributed by atoms with van der Waals surface area (Å²) in [6.07, 6.45) is 7.19. The molecule has 3 heteroatoms. The number of hydrogen-bond acceptors (Lipinski definition) is 3. The third-order valence-electron chi connectivity index (χ3n) is 3.63. The molecule has 0 atom stereocenters. The molecule has 1 aliphatic carbocycles. The van der Waals surface area contributed by atoms with Crippen LogP contribution in [0.1, 0.15) is 26.7 Å². The van der Waals surface area contributed by atoms with Crippen LogP contribution in [-0.2, 0) is 0 Å². The van der Waals surface area contributed by atoms with Gasteiger partial charge in [0, 0.05) is 50.5 Å². The number of hydrogen-bond donors (Lipinski definition) is 1. The van der Waals surface area contributed by atoms with Gasteiger partial charge in [-0.1, -0.05) is 12.7 Å². The second kappa shape index (κ2) is 6.39. The molecular weight excluding hydrogens is 222 g/mol. The smallest absolute Gasteiger partial charge is 0.0266 e. The summed E-state index contributed by atoms with van der Waals surface area (Å²) >= 11 is 0. The average Bonchev–Trinajstić information content (AvgIpc) is 3.13. The van der Waals surface area contributed by atoms with Gasteiger partial charge in [-0.2, -0.15) is 0 Å². The van der Waals surface area contributed by atoms with Crippen LogP contribution in [0.15, 0.2) is 24.4 Å². The Kier molecular flexibility index (Phi) is 4.84. The van der Waals surface area contributed by atoms with Crippen molar-refractivity contribution in [2.24, 2.45) is 0 Å². The Morgan fingerprint density at radius 2 is 1.94 bits per heavy atom. The third-order valence-corrected chi connectivity index (χ3v) is 3.63. The summed E-state index contributed by atoms with van der Waals surface area (Å²) in [5.41, 5.74) is 1.02. The Labute approximate surface area is 112 Å². The predicted octanol–water partition coefficient (Wildman–Crippen LogP) is 1.83. The van der Waals surface area contributed by atoms with Crippen LogP contribution in [0.25, 0.3) is 0 Å². The molecule has 0 aromatic rings. The summed E-state index contributed by atoms with van der Waals surface area (Å²) in [7, 11) is 0. The van der Waals surface area contributed by atoms with E-state index in [0.717, 1.165) is 18.3 Å². The first kappa shape index (κ1) is 13.6.